The lowest BCUT2D eigenvalue weighted by Crippen LogP contribution is -2.30. The van der Waals surface area contributed by atoms with E-state index < -0.39 is 10.0 Å². The van der Waals surface area contributed by atoms with E-state index in [1.807, 2.05) is 0 Å². The van der Waals surface area contributed by atoms with Crippen LogP contribution < -0.4 is 5.14 Å². The zero-order chi connectivity index (χ0) is 9.19. The minimum absolute atomic E-state index is 0.319. The van der Waals surface area contributed by atoms with Crippen molar-refractivity contribution in [3.05, 3.63) is 12.7 Å². The van der Waals surface area contributed by atoms with E-state index in [0.717, 1.165) is 19.3 Å². The Bertz CT molecular complexity index is 254. The van der Waals surface area contributed by atoms with E-state index >= 15 is 0 Å². The van der Waals surface area contributed by atoms with Gasteiger partial charge in [-0.3, -0.25) is 0 Å². The second kappa shape index (κ2) is 3.58. The first kappa shape index (κ1) is 9.74. The van der Waals surface area contributed by atoms with Crippen molar-refractivity contribution in [1.82, 2.24) is 0 Å². The molecule has 1 aliphatic carbocycles. The van der Waals surface area contributed by atoms with Gasteiger partial charge in [-0.05, 0) is 31.6 Å². The van der Waals surface area contributed by atoms with E-state index in [1.54, 1.807) is 6.08 Å². The van der Waals surface area contributed by atoms with Crippen molar-refractivity contribution in [2.24, 2.45) is 11.1 Å². The van der Waals surface area contributed by atoms with Crippen LogP contribution in [0.25, 0.3) is 0 Å². The minimum atomic E-state index is -3.32. The van der Waals surface area contributed by atoms with Gasteiger partial charge in [0.15, 0.2) is 0 Å². The molecule has 0 aromatic carbocycles. The Morgan fingerprint density at radius 1 is 1.58 bits per heavy atom. The third-order valence-corrected chi connectivity index (χ3v) is 3.69. The number of primary sulfonamides is 1. The summed E-state index contributed by atoms with van der Waals surface area (Å²) in [5, 5.41) is 4.78. The molecule has 1 aliphatic rings. The molecule has 1 rings (SSSR count). The van der Waals surface area contributed by atoms with Gasteiger partial charge in [0.05, 0.1) is 5.25 Å². The molecule has 70 valence electrons. The smallest absolute Gasteiger partial charge is 0.212 e. The van der Waals surface area contributed by atoms with Gasteiger partial charge < -0.3 is 0 Å². The van der Waals surface area contributed by atoms with Crippen LogP contribution in [0.1, 0.15) is 25.7 Å². The highest BCUT2D eigenvalue weighted by Crippen LogP contribution is 2.37. The summed E-state index contributed by atoms with van der Waals surface area (Å²) in [6, 6.07) is 0. The summed E-state index contributed by atoms with van der Waals surface area (Å²) in [4.78, 5) is 0. The van der Waals surface area contributed by atoms with Crippen LogP contribution in [0, 0.1) is 5.92 Å². The summed E-state index contributed by atoms with van der Waals surface area (Å²) in [6.45, 7) is 3.56. The number of sulfonamides is 1. The molecule has 1 fully saturated rings. The Morgan fingerprint density at radius 2 is 2.17 bits per heavy atom. The molecule has 2 N–H and O–H groups in total. The van der Waals surface area contributed by atoms with Crippen molar-refractivity contribution >= 4 is 10.0 Å². The van der Waals surface area contributed by atoms with Crippen LogP contribution in [-0.2, 0) is 10.0 Å². The van der Waals surface area contributed by atoms with E-state index in [4.69, 9.17) is 5.14 Å². The summed E-state index contributed by atoms with van der Waals surface area (Å²) in [5.41, 5.74) is 0. The van der Waals surface area contributed by atoms with Gasteiger partial charge in [-0.25, -0.2) is 13.6 Å². The lowest BCUT2D eigenvalue weighted by atomic mass is 10.2. The first-order valence-electron chi connectivity index (χ1n) is 4.18. The fraction of sp³-hybridized carbons (Fsp3) is 0.750. The van der Waals surface area contributed by atoms with E-state index in [0.29, 0.717) is 12.3 Å². The quantitative estimate of drug-likeness (QED) is 0.656. The second-order valence-corrected chi connectivity index (χ2v) is 5.11. The maximum Gasteiger partial charge on any atom is 0.212 e. The largest absolute Gasteiger partial charge is 0.228 e. The summed E-state index contributed by atoms with van der Waals surface area (Å²) in [7, 11) is -3.32. The fourth-order valence-corrected chi connectivity index (χ4v) is 2.69. The molecule has 0 saturated heterocycles. The predicted octanol–water partition coefficient (Wildman–Crippen LogP) is 1.02. The van der Waals surface area contributed by atoms with Crippen LogP contribution in [0.3, 0.4) is 0 Å². The highest BCUT2D eigenvalue weighted by Gasteiger charge is 2.37. The number of hydrogen-bond donors (Lipinski definition) is 1. The van der Waals surface area contributed by atoms with E-state index in [-0.39, 0.29) is 5.25 Å². The molecule has 0 amide bonds. The Balaban J connectivity index is 2.55. The molecule has 0 bridgehead atoms. The molecule has 0 heterocycles. The molecule has 12 heavy (non-hydrogen) atoms. The van der Waals surface area contributed by atoms with Crippen LogP contribution in [-0.4, -0.2) is 13.7 Å². The van der Waals surface area contributed by atoms with E-state index in [2.05, 4.69) is 6.58 Å². The van der Waals surface area contributed by atoms with Crippen LogP contribution in [0.2, 0.25) is 0 Å². The van der Waals surface area contributed by atoms with Gasteiger partial charge in [0, 0.05) is 0 Å². The predicted molar refractivity (Wildman–Crippen MR) is 49.1 cm³/mol. The minimum Gasteiger partial charge on any atom is -0.228 e. The van der Waals surface area contributed by atoms with Gasteiger partial charge in [0.25, 0.3) is 0 Å². The molecular formula is C8H15NO2S. The molecule has 4 heteroatoms. The maximum absolute atomic E-state index is 11.1. The van der Waals surface area contributed by atoms with Crippen molar-refractivity contribution in [2.75, 3.05) is 0 Å². The Kier molecular flexibility index (Phi) is 2.90. The highest BCUT2D eigenvalue weighted by molar-refractivity contribution is 7.89. The molecule has 0 aromatic rings. The second-order valence-electron chi connectivity index (χ2n) is 3.33. The van der Waals surface area contributed by atoms with Gasteiger partial charge in [-0.2, -0.15) is 0 Å². The normalized spacial score (nSPS) is 20.4. The lowest BCUT2D eigenvalue weighted by molar-refractivity contribution is 0.557. The summed E-state index contributed by atoms with van der Waals surface area (Å²) in [5.74, 6) is 0.319. The number of nitrogens with two attached hydrogens (primary N) is 1. The monoisotopic (exact) mass is 189 g/mol. The van der Waals surface area contributed by atoms with E-state index in [1.165, 1.54) is 0 Å². The number of rotatable bonds is 5. The lowest BCUT2D eigenvalue weighted by Gasteiger charge is -2.11. The first-order valence-corrected chi connectivity index (χ1v) is 5.79. The van der Waals surface area contributed by atoms with Gasteiger partial charge >= 0.3 is 0 Å². The van der Waals surface area contributed by atoms with Crippen molar-refractivity contribution in [3.63, 3.8) is 0 Å². The van der Waals surface area contributed by atoms with Gasteiger partial charge in [-0.1, -0.05) is 6.08 Å². The Labute approximate surface area is 73.7 Å². The molecule has 0 spiro atoms. The SMILES string of the molecule is C=CCC[C@H](C1CC1)S(N)(=O)=O. The van der Waals surface area contributed by atoms with Crippen molar-refractivity contribution in [3.8, 4) is 0 Å². The first-order chi connectivity index (χ1) is 5.55. The zero-order valence-corrected chi connectivity index (χ0v) is 7.89. The molecule has 3 nitrogen and oxygen atoms in total. The Hall–Kier alpha value is -0.350. The van der Waals surface area contributed by atoms with Gasteiger partial charge in [-0.15, -0.1) is 6.58 Å². The third-order valence-electron chi connectivity index (χ3n) is 2.23. The molecule has 1 saturated carbocycles. The van der Waals surface area contributed by atoms with Crippen LogP contribution in [0.15, 0.2) is 12.7 Å². The van der Waals surface area contributed by atoms with Crippen LogP contribution in [0.5, 0.6) is 0 Å². The average molecular weight is 189 g/mol. The molecular weight excluding hydrogens is 174 g/mol. The molecule has 0 unspecified atom stereocenters. The third kappa shape index (κ3) is 2.60. The van der Waals surface area contributed by atoms with E-state index in [9.17, 15) is 8.42 Å². The van der Waals surface area contributed by atoms with Gasteiger partial charge in [0.2, 0.25) is 10.0 Å². The molecule has 0 aliphatic heterocycles. The van der Waals surface area contributed by atoms with Crippen molar-refractivity contribution in [2.45, 2.75) is 30.9 Å². The fourth-order valence-electron chi connectivity index (χ4n) is 1.42. The summed E-state index contributed by atoms with van der Waals surface area (Å²) in [6.07, 6.45) is 5.13. The molecule has 1 atom stereocenters. The van der Waals surface area contributed by atoms with Gasteiger partial charge in [0.1, 0.15) is 0 Å². The summed E-state index contributed by atoms with van der Waals surface area (Å²) >= 11 is 0. The van der Waals surface area contributed by atoms with Crippen LogP contribution in [0.4, 0.5) is 0 Å². The number of hydrogen-bond acceptors (Lipinski definition) is 2. The van der Waals surface area contributed by atoms with Crippen molar-refractivity contribution < 1.29 is 8.42 Å². The van der Waals surface area contributed by atoms with Crippen molar-refractivity contribution in [1.29, 1.82) is 0 Å². The maximum atomic E-state index is 11.1. The molecule has 0 aromatic heterocycles. The van der Waals surface area contributed by atoms with Crippen LogP contribution >= 0.6 is 0 Å². The zero-order valence-electron chi connectivity index (χ0n) is 7.07. The Morgan fingerprint density at radius 3 is 2.50 bits per heavy atom. The average Bonchev–Trinajstić information content (AvgIpc) is 2.69. The topological polar surface area (TPSA) is 60.2 Å². The standard InChI is InChI=1S/C8H15NO2S/c1-2-3-4-8(7-5-6-7)12(9,10)11/h2,7-8H,1,3-6H2,(H2,9,10,11)/t8-/m1/s1. The summed E-state index contributed by atoms with van der Waals surface area (Å²) < 4.78 is 22.1. The number of allylic oxidation sites excluding steroid dienone is 1. The highest BCUT2D eigenvalue weighted by atomic mass is 32.2. The molecule has 0 radical (unpaired) electrons.